The molecule has 0 radical (unpaired) electrons. The molecule has 5 rings (SSSR count). The number of para-hydroxylation sites is 1. The Balaban J connectivity index is 1.49. The summed E-state index contributed by atoms with van der Waals surface area (Å²) in [5, 5.41) is 1.35. The van der Waals surface area contributed by atoms with Crippen molar-refractivity contribution in [2.24, 2.45) is 5.41 Å². The lowest BCUT2D eigenvalue weighted by molar-refractivity contribution is -0.0484. The molecule has 1 N–H and O–H groups in total. The Kier molecular flexibility index (Phi) is 4.67. The first-order valence-electron chi connectivity index (χ1n) is 10.8. The van der Waals surface area contributed by atoms with Gasteiger partial charge in [-0.15, -0.1) is 0 Å². The second-order valence-corrected chi connectivity index (χ2v) is 8.51. The van der Waals surface area contributed by atoms with Crippen LogP contribution in [-0.2, 0) is 11.2 Å². The summed E-state index contributed by atoms with van der Waals surface area (Å²) in [7, 11) is 0. The van der Waals surface area contributed by atoms with E-state index in [4.69, 9.17) is 4.74 Å². The third-order valence-electron chi connectivity index (χ3n) is 7.04. The van der Waals surface area contributed by atoms with Crippen LogP contribution in [0.25, 0.3) is 10.9 Å². The highest BCUT2D eigenvalue weighted by atomic mass is 16.5. The molecule has 2 atom stereocenters. The zero-order chi connectivity index (χ0) is 19.8. The summed E-state index contributed by atoms with van der Waals surface area (Å²) in [6.07, 6.45) is 4.31. The van der Waals surface area contributed by atoms with Crippen molar-refractivity contribution in [3.8, 4) is 0 Å². The molecule has 1 aromatic heterocycles. The maximum absolute atomic E-state index is 12.6. The second-order valence-electron chi connectivity index (χ2n) is 8.51. The van der Waals surface area contributed by atoms with Gasteiger partial charge < -0.3 is 9.72 Å². The molecule has 3 heterocycles. The van der Waals surface area contributed by atoms with Crippen molar-refractivity contribution >= 4 is 16.9 Å². The predicted octanol–water partition coefficient (Wildman–Crippen LogP) is 5.11. The fourth-order valence-electron chi connectivity index (χ4n) is 5.49. The molecule has 29 heavy (non-hydrogen) atoms. The van der Waals surface area contributed by atoms with Crippen molar-refractivity contribution in [1.29, 1.82) is 0 Å². The molecule has 0 amide bonds. The van der Waals surface area contributed by atoms with Gasteiger partial charge in [-0.2, -0.15) is 0 Å². The molecule has 4 heteroatoms. The Morgan fingerprint density at radius 1 is 1.14 bits per heavy atom. The Bertz CT molecular complexity index is 1030. The summed E-state index contributed by atoms with van der Waals surface area (Å²) in [6.45, 7) is 4.91. The minimum Gasteiger partial charge on any atom is -0.461 e. The van der Waals surface area contributed by atoms with Crippen LogP contribution in [-0.4, -0.2) is 35.5 Å². The van der Waals surface area contributed by atoms with Gasteiger partial charge in [0.1, 0.15) is 0 Å². The van der Waals surface area contributed by atoms with Gasteiger partial charge in [0, 0.05) is 28.6 Å². The van der Waals surface area contributed by atoms with Gasteiger partial charge in [-0.05, 0) is 56.0 Å². The van der Waals surface area contributed by atoms with Gasteiger partial charge in [0.2, 0.25) is 0 Å². The Morgan fingerprint density at radius 2 is 1.93 bits per heavy atom. The number of aromatic amines is 1. The van der Waals surface area contributed by atoms with Gasteiger partial charge >= 0.3 is 5.97 Å². The molecule has 150 valence electrons. The quantitative estimate of drug-likeness (QED) is 0.632. The number of rotatable bonds is 4. The Labute approximate surface area is 171 Å². The maximum atomic E-state index is 12.6. The van der Waals surface area contributed by atoms with Gasteiger partial charge in [0.15, 0.2) is 0 Å². The largest absolute Gasteiger partial charge is 0.461 e. The standard InChI is InChI=1S/C25H28N2O2/c1-2-25(17-29-24(28)18-9-4-3-5-10-18)14-8-15-27-16-13-20-19-11-6-7-12-21(19)26-22(20)23(25)27/h3-7,9-12,23,26H,2,8,13-17H2,1H3. The number of nitrogens with one attached hydrogen (secondary N) is 1. The highest BCUT2D eigenvalue weighted by molar-refractivity contribution is 5.89. The average molecular weight is 389 g/mol. The first kappa shape index (κ1) is 18.4. The number of hydrogen-bond donors (Lipinski definition) is 1. The summed E-state index contributed by atoms with van der Waals surface area (Å²) >= 11 is 0. The zero-order valence-corrected chi connectivity index (χ0v) is 17.0. The van der Waals surface area contributed by atoms with Crippen LogP contribution in [0.2, 0.25) is 0 Å². The summed E-state index contributed by atoms with van der Waals surface area (Å²) in [6, 6.07) is 18.2. The molecule has 1 saturated heterocycles. The number of hydrogen-bond acceptors (Lipinski definition) is 3. The van der Waals surface area contributed by atoms with Crippen molar-refractivity contribution in [3.63, 3.8) is 0 Å². The number of nitrogens with zero attached hydrogens (tertiary/aromatic N) is 1. The van der Waals surface area contributed by atoms with Crippen LogP contribution in [0.15, 0.2) is 54.6 Å². The fraction of sp³-hybridized carbons (Fsp3) is 0.400. The number of H-pyrrole nitrogens is 1. The summed E-state index contributed by atoms with van der Waals surface area (Å²) in [5.41, 5.74) is 4.59. The molecule has 0 bridgehead atoms. The van der Waals surface area contributed by atoms with E-state index < -0.39 is 0 Å². The van der Waals surface area contributed by atoms with E-state index >= 15 is 0 Å². The summed E-state index contributed by atoms with van der Waals surface area (Å²) in [5.74, 6) is -0.219. The highest BCUT2D eigenvalue weighted by Crippen LogP contribution is 2.51. The molecule has 2 aromatic carbocycles. The van der Waals surface area contributed by atoms with Crippen molar-refractivity contribution in [2.75, 3.05) is 19.7 Å². The summed E-state index contributed by atoms with van der Waals surface area (Å²) in [4.78, 5) is 19.0. The SMILES string of the molecule is CCC1(COC(=O)c2ccccc2)CCCN2CCc3c([nH]c4ccccc34)C21. The van der Waals surface area contributed by atoms with E-state index in [0.29, 0.717) is 12.2 Å². The van der Waals surface area contributed by atoms with Crippen molar-refractivity contribution in [2.45, 2.75) is 38.6 Å². The predicted molar refractivity (Wildman–Crippen MR) is 115 cm³/mol. The molecule has 2 unspecified atom stereocenters. The number of benzene rings is 2. The van der Waals surface area contributed by atoms with Gasteiger partial charge in [0.05, 0.1) is 18.2 Å². The van der Waals surface area contributed by atoms with Crippen LogP contribution in [0.5, 0.6) is 0 Å². The van der Waals surface area contributed by atoms with E-state index in [9.17, 15) is 4.79 Å². The molecule has 3 aromatic rings. The smallest absolute Gasteiger partial charge is 0.338 e. The monoisotopic (exact) mass is 388 g/mol. The Morgan fingerprint density at radius 3 is 2.76 bits per heavy atom. The number of fused-ring (bicyclic) bond motifs is 5. The maximum Gasteiger partial charge on any atom is 0.338 e. The third kappa shape index (κ3) is 3.06. The van der Waals surface area contributed by atoms with Crippen LogP contribution in [0, 0.1) is 5.41 Å². The molecule has 1 fully saturated rings. The lowest BCUT2D eigenvalue weighted by Crippen LogP contribution is -2.51. The van der Waals surface area contributed by atoms with Crippen LogP contribution in [0.1, 0.15) is 53.8 Å². The molecule has 0 spiro atoms. The van der Waals surface area contributed by atoms with Crippen LogP contribution < -0.4 is 0 Å². The van der Waals surface area contributed by atoms with E-state index in [2.05, 4.69) is 41.1 Å². The van der Waals surface area contributed by atoms with E-state index in [-0.39, 0.29) is 17.4 Å². The summed E-state index contributed by atoms with van der Waals surface area (Å²) < 4.78 is 5.92. The van der Waals surface area contributed by atoms with Crippen LogP contribution in [0.3, 0.4) is 0 Å². The molecule has 4 nitrogen and oxygen atoms in total. The van der Waals surface area contributed by atoms with E-state index in [1.165, 1.54) is 22.2 Å². The van der Waals surface area contributed by atoms with Crippen molar-refractivity contribution in [1.82, 2.24) is 9.88 Å². The van der Waals surface area contributed by atoms with Gasteiger partial charge in [-0.25, -0.2) is 4.79 Å². The molecule has 0 saturated carbocycles. The van der Waals surface area contributed by atoms with E-state index in [1.807, 2.05) is 30.3 Å². The first-order valence-corrected chi connectivity index (χ1v) is 10.8. The van der Waals surface area contributed by atoms with Crippen molar-refractivity contribution < 1.29 is 9.53 Å². The Hall–Kier alpha value is -2.59. The topological polar surface area (TPSA) is 45.3 Å². The van der Waals surface area contributed by atoms with Gasteiger partial charge in [-0.3, -0.25) is 4.90 Å². The molecule has 2 aliphatic rings. The molecular formula is C25H28N2O2. The first-order chi connectivity index (χ1) is 14.2. The normalized spacial score (nSPS) is 24.1. The molecule has 2 aliphatic heterocycles. The van der Waals surface area contributed by atoms with Crippen molar-refractivity contribution in [3.05, 3.63) is 71.4 Å². The minimum absolute atomic E-state index is 0.0568. The number of carbonyl (C=O) groups is 1. The number of piperidine rings is 1. The fourth-order valence-corrected chi connectivity index (χ4v) is 5.49. The molecular weight excluding hydrogens is 360 g/mol. The average Bonchev–Trinajstić information content (AvgIpc) is 3.16. The van der Waals surface area contributed by atoms with E-state index in [1.54, 1.807) is 0 Å². The zero-order valence-electron chi connectivity index (χ0n) is 17.0. The number of ether oxygens (including phenoxy) is 1. The lowest BCUT2D eigenvalue weighted by atomic mass is 9.68. The van der Waals surface area contributed by atoms with Gasteiger partial charge in [0.25, 0.3) is 0 Å². The van der Waals surface area contributed by atoms with Crippen LogP contribution >= 0.6 is 0 Å². The van der Waals surface area contributed by atoms with Crippen LogP contribution in [0.4, 0.5) is 0 Å². The number of carbonyl (C=O) groups excluding carboxylic acids is 1. The highest BCUT2D eigenvalue weighted by Gasteiger charge is 2.48. The number of aromatic nitrogens is 1. The van der Waals surface area contributed by atoms with E-state index in [0.717, 1.165) is 38.8 Å². The third-order valence-corrected chi connectivity index (χ3v) is 7.04. The van der Waals surface area contributed by atoms with Gasteiger partial charge in [-0.1, -0.05) is 43.3 Å². The number of esters is 1. The lowest BCUT2D eigenvalue weighted by Gasteiger charge is -2.51. The minimum atomic E-state index is -0.219. The second kappa shape index (κ2) is 7.34. The molecule has 0 aliphatic carbocycles.